The van der Waals surface area contributed by atoms with Crippen LogP contribution in [0.1, 0.15) is 34.6 Å². The lowest BCUT2D eigenvalue weighted by atomic mass is 10.1. The number of rotatable bonds is 8. The molecule has 0 aliphatic carbocycles. The Hall–Kier alpha value is -2.22. The van der Waals surface area contributed by atoms with Gasteiger partial charge in [-0.25, -0.2) is 13.2 Å². The molecule has 2 aromatic rings. The summed E-state index contributed by atoms with van der Waals surface area (Å²) in [5.74, 6) is -1.15. The van der Waals surface area contributed by atoms with Crippen LogP contribution in [0.5, 0.6) is 0 Å². The number of nitrogens with zero attached hydrogens (tertiary/aromatic N) is 1. The maximum Gasteiger partial charge on any atom is 0.338 e. The Morgan fingerprint density at radius 2 is 1.63 bits per heavy atom. The molecule has 0 radical (unpaired) electrons. The van der Waals surface area contributed by atoms with Crippen LogP contribution >= 0.6 is 11.6 Å². The van der Waals surface area contributed by atoms with Crippen LogP contribution in [-0.2, 0) is 14.8 Å². The van der Waals surface area contributed by atoms with E-state index in [2.05, 4.69) is 0 Å². The van der Waals surface area contributed by atoms with Gasteiger partial charge in [-0.05, 0) is 42.5 Å². The van der Waals surface area contributed by atoms with E-state index >= 15 is 0 Å². The summed E-state index contributed by atoms with van der Waals surface area (Å²) in [6.07, 6.45) is 0. The summed E-state index contributed by atoms with van der Waals surface area (Å²) in [7, 11) is -3.69. The first-order chi connectivity index (χ1) is 12.8. The van der Waals surface area contributed by atoms with Gasteiger partial charge in [0.1, 0.15) is 0 Å². The number of ketones is 1. The van der Waals surface area contributed by atoms with E-state index in [4.69, 9.17) is 16.3 Å². The molecule has 2 aromatic carbocycles. The Kier molecular flexibility index (Phi) is 7.12. The SMILES string of the molecule is CCN(CC)S(=O)(=O)c1cccc(C(=O)OCC(=O)c2ccc(Cl)cc2)c1. The molecule has 0 N–H and O–H groups in total. The van der Waals surface area contributed by atoms with E-state index in [1.54, 1.807) is 26.0 Å². The lowest BCUT2D eigenvalue weighted by Gasteiger charge is -2.18. The maximum absolute atomic E-state index is 12.6. The highest BCUT2D eigenvalue weighted by atomic mass is 35.5. The second kappa shape index (κ2) is 9.12. The number of halogens is 1. The second-order valence-corrected chi connectivity index (χ2v) is 8.00. The van der Waals surface area contributed by atoms with Crippen LogP contribution in [0.3, 0.4) is 0 Å². The molecule has 0 atom stereocenters. The average molecular weight is 410 g/mol. The summed E-state index contributed by atoms with van der Waals surface area (Å²) in [5, 5.41) is 0.495. The number of hydrogen-bond acceptors (Lipinski definition) is 5. The average Bonchev–Trinajstić information content (AvgIpc) is 2.67. The summed E-state index contributed by atoms with van der Waals surface area (Å²) >= 11 is 5.77. The molecule has 0 amide bonds. The standard InChI is InChI=1S/C19H20ClNO5S/c1-3-21(4-2)27(24,25)17-7-5-6-15(12-17)19(23)26-13-18(22)14-8-10-16(20)11-9-14/h5-12H,3-4,13H2,1-2H3. The lowest BCUT2D eigenvalue weighted by Crippen LogP contribution is -2.30. The molecule has 0 aliphatic heterocycles. The summed E-state index contributed by atoms with van der Waals surface area (Å²) in [5.41, 5.74) is 0.428. The number of carbonyl (C=O) groups excluding carboxylic acids is 2. The van der Waals surface area contributed by atoms with Crippen molar-refractivity contribution in [2.75, 3.05) is 19.7 Å². The topological polar surface area (TPSA) is 80.8 Å². The van der Waals surface area contributed by atoms with Crippen molar-refractivity contribution in [1.29, 1.82) is 0 Å². The number of esters is 1. The van der Waals surface area contributed by atoms with Gasteiger partial charge < -0.3 is 4.74 Å². The third-order valence-electron chi connectivity index (χ3n) is 3.91. The van der Waals surface area contributed by atoms with Crippen LogP contribution in [-0.4, -0.2) is 44.2 Å². The fraction of sp³-hybridized carbons (Fsp3) is 0.263. The molecule has 8 heteroatoms. The Balaban J connectivity index is 2.11. The van der Waals surface area contributed by atoms with Gasteiger partial charge in [-0.15, -0.1) is 0 Å². The third-order valence-corrected chi connectivity index (χ3v) is 6.21. The fourth-order valence-electron chi connectivity index (χ4n) is 2.43. The largest absolute Gasteiger partial charge is 0.454 e. The first-order valence-corrected chi connectivity index (χ1v) is 10.2. The molecule has 0 bridgehead atoms. The first kappa shape index (κ1) is 21.1. The molecule has 27 heavy (non-hydrogen) atoms. The molecular formula is C19H20ClNO5S. The zero-order chi connectivity index (χ0) is 20.0. The molecule has 0 unspecified atom stereocenters. The highest BCUT2D eigenvalue weighted by molar-refractivity contribution is 7.89. The predicted octanol–water partition coefficient (Wildman–Crippen LogP) is 3.41. The van der Waals surface area contributed by atoms with Crippen molar-refractivity contribution in [2.45, 2.75) is 18.7 Å². The van der Waals surface area contributed by atoms with Gasteiger partial charge in [0.05, 0.1) is 10.5 Å². The Labute approximate surface area is 163 Å². The molecule has 2 rings (SSSR count). The van der Waals surface area contributed by atoms with Gasteiger partial charge in [-0.1, -0.05) is 31.5 Å². The van der Waals surface area contributed by atoms with Crippen LogP contribution in [0.2, 0.25) is 5.02 Å². The molecule has 0 aliphatic rings. The summed E-state index contributed by atoms with van der Waals surface area (Å²) in [6.45, 7) is 3.67. The van der Waals surface area contributed by atoms with E-state index in [1.165, 1.54) is 40.7 Å². The van der Waals surface area contributed by atoms with Crippen molar-refractivity contribution in [3.8, 4) is 0 Å². The summed E-state index contributed by atoms with van der Waals surface area (Å²) < 4.78 is 31.4. The normalized spacial score (nSPS) is 11.4. The molecule has 0 saturated carbocycles. The number of benzene rings is 2. The van der Waals surface area contributed by atoms with Crippen molar-refractivity contribution in [2.24, 2.45) is 0 Å². The van der Waals surface area contributed by atoms with Crippen molar-refractivity contribution >= 4 is 33.4 Å². The molecule has 0 heterocycles. The van der Waals surface area contributed by atoms with E-state index < -0.39 is 22.6 Å². The Morgan fingerprint density at radius 1 is 1.00 bits per heavy atom. The van der Waals surface area contributed by atoms with Gasteiger partial charge >= 0.3 is 5.97 Å². The van der Waals surface area contributed by atoms with Gasteiger partial charge in [0.2, 0.25) is 10.0 Å². The van der Waals surface area contributed by atoms with Crippen LogP contribution < -0.4 is 0 Å². The quantitative estimate of drug-likeness (QED) is 0.493. The maximum atomic E-state index is 12.6. The van der Waals surface area contributed by atoms with Crippen LogP contribution in [0.25, 0.3) is 0 Å². The first-order valence-electron chi connectivity index (χ1n) is 8.35. The van der Waals surface area contributed by atoms with Crippen LogP contribution in [0.15, 0.2) is 53.4 Å². The highest BCUT2D eigenvalue weighted by Gasteiger charge is 2.23. The molecule has 0 saturated heterocycles. The molecular weight excluding hydrogens is 390 g/mol. The van der Waals surface area contributed by atoms with E-state index in [0.29, 0.717) is 23.7 Å². The summed E-state index contributed by atoms with van der Waals surface area (Å²) in [4.78, 5) is 24.3. The minimum atomic E-state index is -3.69. The van der Waals surface area contributed by atoms with Crippen molar-refractivity contribution in [3.63, 3.8) is 0 Å². The fourth-order valence-corrected chi connectivity index (χ4v) is 4.06. The van der Waals surface area contributed by atoms with E-state index in [9.17, 15) is 18.0 Å². The number of sulfonamides is 1. The minimum Gasteiger partial charge on any atom is -0.454 e. The Bertz CT molecular complexity index is 921. The van der Waals surface area contributed by atoms with Gasteiger partial charge in [0.15, 0.2) is 12.4 Å². The van der Waals surface area contributed by atoms with Gasteiger partial charge in [0, 0.05) is 23.7 Å². The molecule has 144 valence electrons. The monoisotopic (exact) mass is 409 g/mol. The van der Waals surface area contributed by atoms with E-state index in [0.717, 1.165) is 0 Å². The van der Waals surface area contributed by atoms with Crippen LogP contribution in [0.4, 0.5) is 0 Å². The van der Waals surface area contributed by atoms with Crippen molar-refractivity contribution in [3.05, 3.63) is 64.7 Å². The second-order valence-electron chi connectivity index (χ2n) is 5.62. The molecule has 6 nitrogen and oxygen atoms in total. The van der Waals surface area contributed by atoms with Gasteiger partial charge in [0.25, 0.3) is 0 Å². The van der Waals surface area contributed by atoms with Gasteiger partial charge in [-0.3, -0.25) is 4.79 Å². The van der Waals surface area contributed by atoms with Crippen LogP contribution in [0, 0.1) is 0 Å². The highest BCUT2D eigenvalue weighted by Crippen LogP contribution is 2.18. The molecule has 0 aromatic heterocycles. The zero-order valence-electron chi connectivity index (χ0n) is 15.0. The number of Topliss-reactive ketones (excluding diaryl/α,β-unsaturated/α-hetero) is 1. The minimum absolute atomic E-state index is 0.00433. The van der Waals surface area contributed by atoms with Crippen molar-refractivity contribution in [1.82, 2.24) is 4.31 Å². The Morgan fingerprint density at radius 3 is 2.22 bits per heavy atom. The molecule has 0 fully saturated rings. The number of carbonyl (C=O) groups is 2. The summed E-state index contributed by atoms with van der Waals surface area (Å²) in [6, 6.07) is 11.8. The van der Waals surface area contributed by atoms with Crippen molar-refractivity contribution < 1.29 is 22.7 Å². The third kappa shape index (κ3) is 5.15. The van der Waals surface area contributed by atoms with E-state index in [-0.39, 0.29) is 16.2 Å². The van der Waals surface area contributed by atoms with Gasteiger partial charge in [-0.2, -0.15) is 4.31 Å². The number of ether oxygens (including phenoxy) is 1. The smallest absolute Gasteiger partial charge is 0.338 e. The lowest BCUT2D eigenvalue weighted by molar-refractivity contribution is 0.0474. The zero-order valence-corrected chi connectivity index (χ0v) is 16.6. The molecule has 0 spiro atoms. The predicted molar refractivity (Wildman–Crippen MR) is 103 cm³/mol. The number of hydrogen-bond donors (Lipinski definition) is 0. The van der Waals surface area contributed by atoms with E-state index in [1.807, 2.05) is 0 Å².